The standard InChI is InChI=1S/C18H26N2O2S.ClH/c19-9-3-12-22-15-6-10-20(11-7-15)18(21)17-16-5-2-1-4-14(16)8-13-23-17;/h1-2,4-5,15,17H,3,6-13,19H2;1H. The number of fused-ring (bicyclic) bond motifs is 1. The molecule has 0 spiro atoms. The van der Waals surface area contributed by atoms with Gasteiger partial charge in [0.2, 0.25) is 5.91 Å². The van der Waals surface area contributed by atoms with Crippen molar-refractivity contribution in [2.24, 2.45) is 5.73 Å². The van der Waals surface area contributed by atoms with Crippen molar-refractivity contribution in [2.45, 2.75) is 37.0 Å². The van der Waals surface area contributed by atoms with Crippen LogP contribution in [0.25, 0.3) is 0 Å². The minimum atomic E-state index is -0.0188. The lowest BCUT2D eigenvalue weighted by molar-refractivity contribution is -0.133. The molecule has 2 heterocycles. The predicted octanol–water partition coefficient (Wildman–Crippen LogP) is 2.80. The van der Waals surface area contributed by atoms with Crippen LogP contribution in [0.2, 0.25) is 0 Å². The van der Waals surface area contributed by atoms with Crippen LogP contribution in [0, 0.1) is 0 Å². The number of nitrogens with zero attached hydrogens (tertiary/aromatic N) is 1. The van der Waals surface area contributed by atoms with Gasteiger partial charge in [-0.05, 0) is 49.1 Å². The van der Waals surface area contributed by atoms with Crippen LogP contribution in [-0.2, 0) is 16.0 Å². The van der Waals surface area contributed by atoms with Crippen molar-refractivity contribution in [3.63, 3.8) is 0 Å². The number of rotatable bonds is 5. The molecule has 1 aromatic carbocycles. The van der Waals surface area contributed by atoms with Gasteiger partial charge in [0.15, 0.2) is 0 Å². The fourth-order valence-electron chi connectivity index (χ4n) is 3.34. The number of ether oxygens (including phenoxy) is 1. The molecule has 1 aromatic rings. The van der Waals surface area contributed by atoms with Gasteiger partial charge in [-0.2, -0.15) is 0 Å². The van der Waals surface area contributed by atoms with Crippen LogP contribution in [0.15, 0.2) is 24.3 Å². The first-order chi connectivity index (χ1) is 11.3. The van der Waals surface area contributed by atoms with Gasteiger partial charge in [0.1, 0.15) is 5.25 Å². The Hall–Kier alpha value is -0.750. The minimum absolute atomic E-state index is 0. The van der Waals surface area contributed by atoms with Crippen LogP contribution >= 0.6 is 24.2 Å². The van der Waals surface area contributed by atoms with Gasteiger partial charge in [-0.1, -0.05) is 24.3 Å². The lowest BCUT2D eigenvalue weighted by Gasteiger charge is -2.35. The normalized spacial score (nSPS) is 21.0. The van der Waals surface area contributed by atoms with Crippen LogP contribution in [0.5, 0.6) is 0 Å². The average Bonchev–Trinajstić information content (AvgIpc) is 2.61. The van der Waals surface area contributed by atoms with Gasteiger partial charge in [0.05, 0.1) is 6.10 Å². The van der Waals surface area contributed by atoms with Gasteiger partial charge in [-0.25, -0.2) is 0 Å². The molecule has 3 rings (SSSR count). The molecule has 1 saturated heterocycles. The summed E-state index contributed by atoms with van der Waals surface area (Å²) in [5.74, 6) is 1.31. The molecule has 2 aliphatic rings. The van der Waals surface area contributed by atoms with E-state index in [0.717, 1.165) is 51.1 Å². The van der Waals surface area contributed by atoms with Crippen LogP contribution in [0.1, 0.15) is 35.6 Å². The molecule has 0 bridgehead atoms. The van der Waals surface area contributed by atoms with Gasteiger partial charge in [0, 0.05) is 19.7 Å². The third kappa shape index (κ3) is 4.66. The third-order valence-electron chi connectivity index (χ3n) is 4.67. The third-order valence-corrected chi connectivity index (χ3v) is 5.90. The maximum absolute atomic E-state index is 12.9. The molecule has 0 saturated carbocycles. The molecule has 1 unspecified atom stereocenters. The Balaban J connectivity index is 0.00000208. The van der Waals surface area contributed by atoms with Crippen LogP contribution in [0.4, 0.5) is 0 Å². The largest absolute Gasteiger partial charge is 0.378 e. The lowest BCUT2D eigenvalue weighted by atomic mass is 10.00. The number of carbonyl (C=O) groups is 1. The van der Waals surface area contributed by atoms with Gasteiger partial charge in [-0.15, -0.1) is 24.2 Å². The van der Waals surface area contributed by atoms with E-state index < -0.39 is 0 Å². The van der Waals surface area contributed by atoms with Crippen molar-refractivity contribution in [3.05, 3.63) is 35.4 Å². The van der Waals surface area contributed by atoms with E-state index in [4.69, 9.17) is 10.5 Å². The molecule has 24 heavy (non-hydrogen) atoms. The summed E-state index contributed by atoms with van der Waals surface area (Å²) in [5, 5.41) is -0.0188. The van der Waals surface area contributed by atoms with Crippen molar-refractivity contribution in [1.82, 2.24) is 4.90 Å². The van der Waals surface area contributed by atoms with E-state index >= 15 is 0 Å². The zero-order valence-electron chi connectivity index (χ0n) is 14.0. The molecule has 134 valence electrons. The number of hydrogen-bond donors (Lipinski definition) is 1. The second-order valence-electron chi connectivity index (χ2n) is 6.24. The number of carbonyl (C=O) groups excluding carboxylic acids is 1. The molecule has 0 aliphatic carbocycles. The second kappa shape index (κ2) is 9.66. The van der Waals surface area contributed by atoms with Crippen molar-refractivity contribution in [2.75, 3.05) is 32.0 Å². The SMILES string of the molecule is Cl.NCCCOC1CCN(C(=O)C2SCCc3ccccc32)CC1. The number of thioether (sulfide) groups is 1. The highest BCUT2D eigenvalue weighted by Gasteiger charge is 2.32. The van der Waals surface area contributed by atoms with Crippen molar-refractivity contribution >= 4 is 30.1 Å². The summed E-state index contributed by atoms with van der Waals surface area (Å²) in [4.78, 5) is 15.0. The van der Waals surface area contributed by atoms with E-state index in [1.165, 1.54) is 11.1 Å². The Morgan fingerprint density at radius 2 is 2.04 bits per heavy atom. The molecule has 6 heteroatoms. The first kappa shape index (κ1) is 19.6. The number of piperidine rings is 1. The fourth-order valence-corrected chi connectivity index (χ4v) is 4.62. The maximum atomic E-state index is 12.9. The van der Waals surface area contributed by atoms with Crippen molar-refractivity contribution < 1.29 is 9.53 Å². The van der Waals surface area contributed by atoms with E-state index in [1.54, 1.807) is 11.8 Å². The minimum Gasteiger partial charge on any atom is -0.378 e. The summed E-state index contributed by atoms with van der Waals surface area (Å²) in [7, 11) is 0. The molecule has 2 aliphatic heterocycles. The molecule has 1 amide bonds. The quantitative estimate of drug-likeness (QED) is 0.810. The number of halogens is 1. The first-order valence-electron chi connectivity index (χ1n) is 8.59. The summed E-state index contributed by atoms with van der Waals surface area (Å²) in [6, 6.07) is 8.39. The Morgan fingerprint density at radius 3 is 2.79 bits per heavy atom. The smallest absolute Gasteiger partial charge is 0.240 e. The molecule has 4 nitrogen and oxygen atoms in total. The monoisotopic (exact) mass is 370 g/mol. The Morgan fingerprint density at radius 1 is 1.29 bits per heavy atom. The number of nitrogens with two attached hydrogens (primary N) is 1. The summed E-state index contributed by atoms with van der Waals surface area (Å²) in [6.45, 7) is 3.04. The first-order valence-corrected chi connectivity index (χ1v) is 9.64. The predicted molar refractivity (Wildman–Crippen MR) is 102 cm³/mol. The average molecular weight is 371 g/mol. The van der Waals surface area contributed by atoms with Crippen LogP contribution in [-0.4, -0.2) is 48.9 Å². The lowest BCUT2D eigenvalue weighted by Crippen LogP contribution is -2.43. The number of benzene rings is 1. The highest BCUT2D eigenvalue weighted by atomic mass is 35.5. The highest BCUT2D eigenvalue weighted by Crippen LogP contribution is 2.38. The summed E-state index contributed by atoms with van der Waals surface area (Å²) < 4.78 is 5.83. The highest BCUT2D eigenvalue weighted by molar-refractivity contribution is 8.00. The van der Waals surface area contributed by atoms with Crippen molar-refractivity contribution in [1.29, 1.82) is 0 Å². The summed E-state index contributed by atoms with van der Waals surface area (Å²) >= 11 is 1.79. The maximum Gasteiger partial charge on any atom is 0.240 e. The number of likely N-dealkylation sites (tertiary alicyclic amines) is 1. The Kier molecular flexibility index (Phi) is 7.88. The molecule has 2 N–H and O–H groups in total. The van der Waals surface area contributed by atoms with Gasteiger partial charge >= 0.3 is 0 Å². The van der Waals surface area contributed by atoms with E-state index in [9.17, 15) is 4.79 Å². The Bertz CT molecular complexity index is 536. The van der Waals surface area contributed by atoms with E-state index in [0.29, 0.717) is 6.54 Å². The fraction of sp³-hybridized carbons (Fsp3) is 0.611. The summed E-state index contributed by atoms with van der Waals surface area (Å²) in [6.07, 6.45) is 4.15. The molecule has 0 radical (unpaired) electrons. The van der Waals surface area contributed by atoms with E-state index in [2.05, 4.69) is 18.2 Å². The topological polar surface area (TPSA) is 55.6 Å². The Labute approximate surface area is 154 Å². The van der Waals surface area contributed by atoms with Crippen LogP contribution < -0.4 is 5.73 Å². The molecular formula is C18H27ClN2O2S. The van der Waals surface area contributed by atoms with E-state index in [-0.39, 0.29) is 29.7 Å². The second-order valence-corrected chi connectivity index (χ2v) is 7.45. The van der Waals surface area contributed by atoms with Gasteiger partial charge in [0.25, 0.3) is 0 Å². The molecule has 1 atom stereocenters. The molecular weight excluding hydrogens is 344 g/mol. The van der Waals surface area contributed by atoms with Crippen LogP contribution in [0.3, 0.4) is 0 Å². The molecule has 0 aromatic heterocycles. The number of amides is 1. The van der Waals surface area contributed by atoms with Gasteiger partial charge in [-0.3, -0.25) is 4.79 Å². The van der Waals surface area contributed by atoms with E-state index in [1.807, 2.05) is 11.0 Å². The molecule has 1 fully saturated rings. The van der Waals surface area contributed by atoms with Gasteiger partial charge < -0.3 is 15.4 Å². The zero-order valence-corrected chi connectivity index (χ0v) is 15.6. The zero-order chi connectivity index (χ0) is 16.1. The number of aryl methyl sites for hydroxylation is 1. The number of hydrogen-bond acceptors (Lipinski definition) is 4. The summed E-state index contributed by atoms with van der Waals surface area (Å²) in [5.41, 5.74) is 8.05. The van der Waals surface area contributed by atoms with Crippen molar-refractivity contribution in [3.8, 4) is 0 Å².